The van der Waals surface area contributed by atoms with Gasteiger partial charge in [-0.25, -0.2) is 4.98 Å². The number of anilines is 1. The maximum atomic E-state index is 12.8. The molecule has 32 heavy (non-hydrogen) atoms. The summed E-state index contributed by atoms with van der Waals surface area (Å²) in [7, 11) is 1.68. The largest absolute Gasteiger partial charge is 0.479 e. The summed E-state index contributed by atoms with van der Waals surface area (Å²) in [6.45, 7) is 3.94. The molecule has 1 aliphatic heterocycles. The number of hydrogen-bond acceptors (Lipinski definition) is 7. The fourth-order valence-corrected chi connectivity index (χ4v) is 6.50. The first-order valence-electron chi connectivity index (χ1n) is 10.6. The number of benzene rings is 1. The third-order valence-electron chi connectivity index (χ3n) is 6.11. The Bertz CT molecular complexity index is 1310. The number of ketones is 1. The summed E-state index contributed by atoms with van der Waals surface area (Å²) in [5, 5.41) is 1.16. The summed E-state index contributed by atoms with van der Waals surface area (Å²) in [6, 6.07) is 5.10. The molecule has 2 atom stereocenters. The van der Waals surface area contributed by atoms with E-state index in [0.29, 0.717) is 33.5 Å². The quantitative estimate of drug-likeness (QED) is 0.355. The summed E-state index contributed by atoms with van der Waals surface area (Å²) in [6.07, 6.45) is 2.46. The lowest BCUT2D eigenvalue weighted by Gasteiger charge is -2.30. The van der Waals surface area contributed by atoms with Crippen LogP contribution in [-0.4, -0.2) is 40.6 Å². The number of amides is 1. The normalized spacial score (nSPS) is 20.1. The van der Waals surface area contributed by atoms with Gasteiger partial charge >= 0.3 is 0 Å². The van der Waals surface area contributed by atoms with E-state index < -0.39 is 6.10 Å². The number of aryl methyl sites for hydroxylation is 1. The van der Waals surface area contributed by atoms with Crippen LogP contribution in [0, 0.1) is 5.92 Å². The molecule has 0 saturated carbocycles. The van der Waals surface area contributed by atoms with Gasteiger partial charge in [-0.1, -0.05) is 18.7 Å². The summed E-state index contributed by atoms with van der Waals surface area (Å²) in [4.78, 5) is 48.8. The number of nitrogens with one attached hydrogen (secondary N) is 1. The molecular weight excluding hydrogens is 446 g/mol. The minimum Gasteiger partial charge on any atom is -0.479 e. The molecule has 2 unspecified atom stereocenters. The summed E-state index contributed by atoms with van der Waals surface area (Å²) < 4.78 is 5.62. The van der Waals surface area contributed by atoms with Crippen molar-refractivity contribution < 1.29 is 14.3 Å². The lowest BCUT2D eigenvalue weighted by Crippen LogP contribution is -2.42. The van der Waals surface area contributed by atoms with Crippen molar-refractivity contribution in [1.29, 1.82) is 0 Å². The van der Waals surface area contributed by atoms with Gasteiger partial charge in [0, 0.05) is 17.5 Å². The number of H-pyrrole nitrogens is 1. The van der Waals surface area contributed by atoms with Crippen LogP contribution in [0.4, 0.5) is 5.69 Å². The predicted molar refractivity (Wildman–Crippen MR) is 126 cm³/mol. The number of ether oxygens (including phenoxy) is 1. The zero-order valence-electron chi connectivity index (χ0n) is 18.1. The highest BCUT2D eigenvalue weighted by molar-refractivity contribution is 7.99. The molecule has 5 rings (SSSR count). The van der Waals surface area contributed by atoms with Gasteiger partial charge in [0.2, 0.25) is 0 Å². The average molecular weight is 470 g/mol. The van der Waals surface area contributed by atoms with E-state index in [-0.39, 0.29) is 23.0 Å². The molecule has 2 aliphatic rings. The number of carbonyl (C=O) groups is 2. The van der Waals surface area contributed by atoms with E-state index in [9.17, 15) is 14.4 Å². The van der Waals surface area contributed by atoms with Crippen molar-refractivity contribution in [3.63, 3.8) is 0 Å². The number of fused-ring (bicyclic) bond motifs is 4. The Kier molecular flexibility index (Phi) is 5.33. The fraction of sp³-hybridized carbons (Fsp3) is 0.391. The number of Topliss-reactive ketones (excluding diaryl/α,β-unsaturated/α-hetero) is 1. The third kappa shape index (κ3) is 3.63. The maximum absolute atomic E-state index is 12.8. The Labute approximate surface area is 193 Å². The van der Waals surface area contributed by atoms with Crippen LogP contribution in [0.3, 0.4) is 0 Å². The lowest BCUT2D eigenvalue weighted by molar-refractivity contribution is -0.125. The molecule has 2 aromatic heterocycles. The Hall–Kier alpha value is -2.65. The zero-order chi connectivity index (χ0) is 22.6. The van der Waals surface area contributed by atoms with Gasteiger partial charge in [-0.2, -0.15) is 0 Å². The standard InChI is InChI=1S/C23H23N3O4S2/c1-11-4-6-14-18(8-11)32-21-19(14)20(28)24-23(25-21)31-10-16(27)13-5-7-17-15(9-13)26(3)22(29)12(2)30-17/h5,7,9,11-12H,4,6,8,10H2,1-3H3,(H,24,25,28). The van der Waals surface area contributed by atoms with Gasteiger partial charge in [-0.05, 0) is 55.9 Å². The van der Waals surface area contributed by atoms with Gasteiger partial charge in [-0.15, -0.1) is 11.3 Å². The van der Waals surface area contributed by atoms with Crippen molar-refractivity contribution >= 4 is 50.7 Å². The van der Waals surface area contributed by atoms with E-state index in [1.54, 1.807) is 43.5 Å². The van der Waals surface area contributed by atoms with Crippen LogP contribution in [0.25, 0.3) is 10.2 Å². The molecule has 0 fully saturated rings. The molecule has 3 aromatic rings. The average Bonchev–Trinajstić information content (AvgIpc) is 3.13. The summed E-state index contributed by atoms with van der Waals surface area (Å²) >= 11 is 2.81. The topological polar surface area (TPSA) is 92.4 Å². The molecule has 1 aromatic carbocycles. The molecule has 0 radical (unpaired) electrons. The van der Waals surface area contributed by atoms with Crippen LogP contribution < -0.4 is 15.2 Å². The first-order valence-corrected chi connectivity index (χ1v) is 12.4. The van der Waals surface area contributed by atoms with Crippen molar-refractivity contribution in [3.8, 4) is 5.75 Å². The predicted octanol–water partition coefficient (Wildman–Crippen LogP) is 3.83. The van der Waals surface area contributed by atoms with Gasteiger partial charge in [-0.3, -0.25) is 14.4 Å². The number of likely N-dealkylation sites (N-methyl/N-ethyl adjacent to an activating group) is 1. The number of nitrogens with zero attached hydrogens (tertiary/aromatic N) is 2. The Balaban J connectivity index is 1.35. The van der Waals surface area contributed by atoms with Gasteiger partial charge in [0.25, 0.3) is 11.5 Å². The lowest BCUT2D eigenvalue weighted by atomic mass is 9.89. The number of aromatic amines is 1. The van der Waals surface area contributed by atoms with Gasteiger partial charge in [0.05, 0.1) is 16.8 Å². The second-order valence-corrected chi connectivity index (χ2v) is 10.5. The molecule has 1 aliphatic carbocycles. The third-order valence-corrected chi connectivity index (χ3v) is 8.13. The van der Waals surface area contributed by atoms with Crippen LogP contribution in [0.5, 0.6) is 5.75 Å². The molecule has 0 saturated heterocycles. The second kappa shape index (κ2) is 8.04. The molecule has 1 amide bonds. The molecule has 9 heteroatoms. The Morgan fingerprint density at radius 3 is 2.97 bits per heavy atom. The zero-order valence-corrected chi connectivity index (χ0v) is 19.7. The van der Waals surface area contributed by atoms with E-state index in [1.807, 2.05) is 0 Å². The molecule has 1 N–H and O–H groups in total. The van der Waals surface area contributed by atoms with Crippen molar-refractivity contribution in [3.05, 3.63) is 44.6 Å². The van der Waals surface area contributed by atoms with E-state index >= 15 is 0 Å². The van der Waals surface area contributed by atoms with Gasteiger partial charge in [0.1, 0.15) is 10.6 Å². The maximum Gasteiger partial charge on any atom is 0.267 e. The highest BCUT2D eigenvalue weighted by Gasteiger charge is 2.29. The summed E-state index contributed by atoms with van der Waals surface area (Å²) in [5.74, 6) is 1.07. The molecule has 3 heterocycles. The first kappa shape index (κ1) is 21.2. The van der Waals surface area contributed by atoms with Crippen molar-refractivity contribution in [2.24, 2.45) is 5.92 Å². The Morgan fingerprint density at radius 2 is 2.16 bits per heavy atom. The molecule has 0 spiro atoms. The van der Waals surface area contributed by atoms with E-state index in [1.165, 1.54) is 21.5 Å². The van der Waals surface area contributed by atoms with E-state index in [2.05, 4.69) is 16.9 Å². The van der Waals surface area contributed by atoms with Crippen LogP contribution in [0.15, 0.2) is 28.2 Å². The van der Waals surface area contributed by atoms with Crippen molar-refractivity contribution in [2.45, 2.75) is 44.4 Å². The number of aromatic nitrogens is 2. The van der Waals surface area contributed by atoms with E-state index in [0.717, 1.165) is 29.7 Å². The molecule has 7 nitrogen and oxygen atoms in total. The number of carbonyl (C=O) groups excluding carboxylic acids is 2. The van der Waals surface area contributed by atoms with Gasteiger partial charge in [0.15, 0.2) is 17.0 Å². The van der Waals surface area contributed by atoms with Crippen LogP contribution in [0.2, 0.25) is 0 Å². The Morgan fingerprint density at radius 1 is 1.34 bits per heavy atom. The highest BCUT2D eigenvalue weighted by atomic mass is 32.2. The number of rotatable bonds is 4. The van der Waals surface area contributed by atoms with Crippen LogP contribution in [0.1, 0.15) is 41.1 Å². The number of hydrogen-bond donors (Lipinski definition) is 1. The van der Waals surface area contributed by atoms with Crippen molar-refractivity contribution in [2.75, 3.05) is 17.7 Å². The second-order valence-electron chi connectivity index (χ2n) is 8.45. The minimum atomic E-state index is -0.548. The fourth-order valence-electron chi connectivity index (χ4n) is 4.30. The van der Waals surface area contributed by atoms with Crippen molar-refractivity contribution in [1.82, 2.24) is 9.97 Å². The van der Waals surface area contributed by atoms with Crippen LogP contribution >= 0.6 is 23.1 Å². The highest BCUT2D eigenvalue weighted by Crippen LogP contribution is 2.37. The van der Waals surface area contributed by atoms with Crippen LogP contribution in [-0.2, 0) is 17.6 Å². The minimum absolute atomic E-state index is 0.112. The SMILES string of the molecule is CC1CCc2c(sc3nc(SCC(=O)c4ccc5c(c4)N(C)C(=O)C(C)O5)[nH]c(=O)c23)C1. The monoisotopic (exact) mass is 469 g/mol. The molecule has 166 valence electrons. The van der Waals surface area contributed by atoms with E-state index in [4.69, 9.17) is 4.74 Å². The summed E-state index contributed by atoms with van der Waals surface area (Å²) in [5.41, 5.74) is 2.08. The smallest absolute Gasteiger partial charge is 0.267 e. The number of thiophene rings is 1. The molecule has 0 bridgehead atoms. The number of thioether (sulfide) groups is 1. The first-order chi connectivity index (χ1) is 15.3. The molecular formula is C23H23N3O4S2. The van der Waals surface area contributed by atoms with Gasteiger partial charge < -0.3 is 14.6 Å².